The Kier molecular flexibility index (Phi) is 11.4. The minimum Gasteiger partial charge on any atom is -0.352 e. The van der Waals surface area contributed by atoms with Crippen molar-refractivity contribution >= 4 is 56.4 Å². The maximum absolute atomic E-state index is 14.6. The van der Waals surface area contributed by atoms with Gasteiger partial charge in [0.25, 0.3) is 15.7 Å². The Bertz CT molecular complexity index is 1860. The van der Waals surface area contributed by atoms with Crippen LogP contribution in [0.4, 0.5) is 11.4 Å². The van der Waals surface area contributed by atoms with E-state index in [2.05, 4.69) is 5.32 Å². The summed E-state index contributed by atoms with van der Waals surface area (Å²) in [7, 11) is -4.35. The largest absolute Gasteiger partial charge is 0.352 e. The molecule has 0 aliphatic heterocycles. The van der Waals surface area contributed by atoms with Crippen molar-refractivity contribution in [1.82, 2.24) is 10.2 Å². The summed E-state index contributed by atoms with van der Waals surface area (Å²) in [6, 6.07) is 25.5. The summed E-state index contributed by atoms with van der Waals surface area (Å²) in [5, 5.41) is 15.1. The Balaban J connectivity index is 1.58. The van der Waals surface area contributed by atoms with Gasteiger partial charge in [-0.3, -0.25) is 24.0 Å². The zero-order valence-electron chi connectivity index (χ0n) is 25.9. The van der Waals surface area contributed by atoms with Crippen molar-refractivity contribution in [3.8, 4) is 0 Å². The van der Waals surface area contributed by atoms with Gasteiger partial charge in [-0.2, -0.15) is 0 Å². The maximum Gasteiger partial charge on any atom is 0.269 e. The maximum atomic E-state index is 14.6. The van der Waals surface area contributed by atoms with Crippen LogP contribution < -0.4 is 9.62 Å². The van der Waals surface area contributed by atoms with E-state index >= 15 is 0 Å². The number of carbonyl (C=O) groups is 2. The number of benzene rings is 4. The lowest BCUT2D eigenvalue weighted by molar-refractivity contribution is -0.384. The fraction of sp³-hybridized carbons (Fsp3) is 0.257. The highest BCUT2D eigenvalue weighted by molar-refractivity contribution is 7.92. The lowest BCUT2D eigenvalue weighted by atomic mass is 10.0. The van der Waals surface area contributed by atoms with Crippen LogP contribution in [0.25, 0.3) is 0 Å². The number of nitrogens with zero attached hydrogens (tertiary/aromatic N) is 3. The molecule has 4 aromatic carbocycles. The van der Waals surface area contributed by atoms with E-state index in [-0.39, 0.29) is 46.2 Å². The number of hydrogen-bond acceptors (Lipinski definition) is 6. The summed E-state index contributed by atoms with van der Waals surface area (Å²) < 4.78 is 29.1. The summed E-state index contributed by atoms with van der Waals surface area (Å²) in [5.74, 6) is -1.04. The van der Waals surface area contributed by atoms with Crippen molar-refractivity contribution in [3.05, 3.63) is 134 Å². The van der Waals surface area contributed by atoms with Crippen LogP contribution in [-0.2, 0) is 32.6 Å². The van der Waals surface area contributed by atoms with Crippen LogP contribution in [-0.4, -0.2) is 48.7 Å². The van der Waals surface area contributed by atoms with Crippen LogP contribution in [0.5, 0.6) is 0 Å². The van der Waals surface area contributed by atoms with Gasteiger partial charge in [0.2, 0.25) is 11.8 Å². The molecular weight excluding hydrogens is 675 g/mol. The molecule has 4 aromatic rings. The SMILES string of the molecule is O=C(NC1CCCC1)[C@H](Cc1ccccc1)N(Cc1ccc(Cl)cc1Cl)C(=O)CN(c1ccc([N+](=O)[O-])cc1)S(=O)(=O)c1ccccc1. The van der Waals surface area contributed by atoms with Crippen molar-refractivity contribution in [2.45, 2.75) is 55.6 Å². The number of nitro groups is 1. The van der Waals surface area contributed by atoms with Crippen LogP contribution in [0.2, 0.25) is 10.0 Å². The number of non-ortho nitro benzene ring substituents is 1. The van der Waals surface area contributed by atoms with Gasteiger partial charge in [0.1, 0.15) is 12.6 Å². The third kappa shape index (κ3) is 8.52. The van der Waals surface area contributed by atoms with Gasteiger partial charge in [-0.25, -0.2) is 8.42 Å². The molecule has 0 spiro atoms. The van der Waals surface area contributed by atoms with Gasteiger partial charge in [-0.1, -0.05) is 90.6 Å². The third-order valence-electron chi connectivity index (χ3n) is 8.29. The molecular formula is C35H34Cl2N4O6S. The van der Waals surface area contributed by atoms with Gasteiger partial charge < -0.3 is 10.2 Å². The number of halogens is 2. The lowest BCUT2D eigenvalue weighted by Gasteiger charge is -2.34. The first-order valence-electron chi connectivity index (χ1n) is 15.4. The number of sulfonamides is 1. The second kappa shape index (κ2) is 15.6. The normalized spacial score (nSPS) is 13.9. The first-order chi connectivity index (χ1) is 23.0. The van der Waals surface area contributed by atoms with Crippen LogP contribution in [0.15, 0.2) is 108 Å². The number of nitrogens with one attached hydrogen (secondary N) is 1. The van der Waals surface area contributed by atoms with E-state index in [0.29, 0.717) is 10.6 Å². The summed E-state index contributed by atoms with van der Waals surface area (Å²) in [5.41, 5.74) is 1.10. The smallest absolute Gasteiger partial charge is 0.269 e. The van der Waals surface area contributed by atoms with E-state index in [0.717, 1.165) is 35.6 Å². The molecule has 0 heterocycles. The number of carbonyl (C=O) groups excluding carboxylic acids is 2. The van der Waals surface area contributed by atoms with E-state index < -0.39 is 33.4 Å². The van der Waals surface area contributed by atoms with Crippen LogP contribution >= 0.6 is 23.2 Å². The summed E-state index contributed by atoms with van der Waals surface area (Å²) >= 11 is 12.7. The highest BCUT2D eigenvalue weighted by Gasteiger charge is 2.36. The molecule has 0 bridgehead atoms. The molecule has 1 aliphatic carbocycles. The Morgan fingerprint density at radius 2 is 1.52 bits per heavy atom. The standard InChI is InChI=1S/C35H34Cl2N4O6S/c36-27-16-15-26(32(37)22-27)23-39(33(21-25-9-3-1-4-10-25)35(43)38-28-11-7-8-12-28)34(42)24-40(29-17-19-30(20-18-29)41(44)45)48(46,47)31-13-5-2-6-14-31/h1-6,9-10,13-20,22,28,33H,7-8,11-12,21,23-24H2,(H,38,43)/t33-/m0/s1. The summed E-state index contributed by atoms with van der Waals surface area (Å²) in [4.78, 5) is 40.7. The molecule has 0 radical (unpaired) electrons. The molecule has 1 aliphatic rings. The molecule has 250 valence electrons. The molecule has 1 N–H and O–H groups in total. The third-order valence-corrected chi connectivity index (χ3v) is 10.7. The van der Waals surface area contributed by atoms with E-state index in [9.17, 15) is 28.1 Å². The van der Waals surface area contributed by atoms with Crippen LogP contribution in [0.3, 0.4) is 0 Å². The molecule has 13 heteroatoms. The monoisotopic (exact) mass is 708 g/mol. The highest BCUT2D eigenvalue weighted by atomic mass is 35.5. The van der Waals surface area contributed by atoms with E-state index in [4.69, 9.17) is 23.2 Å². The summed E-state index contributed by atoms with van der Waals surface area (Å²) in [6.45, 7) is -0.827. The second-order valence-corrected chi connectivity index (χ2v) is 14.3. The minimum absolute atomic E-state index is 0.0392. The fourth-order valence-electron chi connectivity index (χ4n) is 5.74. The first kappa shape index (κ1) is 34.9. The van der Waals surface area contributed by atoms with E-state index in [1.807, 2.05) is 30.3 Å². The Morgan fingerprint density at radius 3 is 2.12 bits per heavy atom. The van der Waals surface area contributed by atoms with Gasteiger partial charge in [0.15, 0.2) is 0 Å². The van der Waals surface area contributed by atoms with Crippen molar-refractivity contribution in [2.75, 3.05) is 10.8 Å². The molecule has 10 nitrogen and oxygen atoms in total. The molecule has 0 aromatic heterocycles. The average Bonchev–Trinajstić information content (AvgIpc) is 3.60. The van der Waals surface area contributed by atoms with E-state index in [1.54, 1.807) is 30.3 Å². The molecule has 1 atom stereocenters. The molecule has 5 rings (SSSR count). The van der Waals surface area contributed by atoms with Gasteiger partial charge in [0.05, 0.1) is 15.5 Å². The molecule has 0 unspecified atom stereocenters. The minimum atomic E-state index is -4.35. The Labute approximate surface area is 289 Å². The molecule has 0 saturated heterocycles. The van der Waals surface area contributed by atoms with Crippen molar-refractivity contribution in [1.29, 1.82) is 0 Å². The van der Waals surface area contributed by atoms with Crippen LogP contribution in [0.1, 0.15) is 36.8 Å². The first-order valence-corrected chi connectivity index (χ1v) is 17.6. The highest BCUT2D eigenvalue weighted by Crippen LogP contribution is 2.29. The quantitative estimate of drug-likeness (QED) is 0.120. The van der Waals surface area contributed by atoms with Crippen molar-refractivity contribution in [2.24, 2.45) is 0 Å². The lowest BCUT2D eigenvalue weighted by Crippen LogP contribution is -2.54. The van der Waals surface area contributed by atoms with Gasteiger partial charge in [-0.15, -0.1) is 0 Å². The topological polar surface area (TPSA) is 130 Å². The molecule has 2 amide bonds. The molecule has 1 saturated carbocycles. The van der Waals surface area contributed by atoms with Crippen LogP contribution in [0, 0.1) is 10.1 Å². The number of nitro benzene ring substituents is 1. The number of anilines is 1. The average molecular weight is 710 g/mol. The van der Waals surface area contributed by atoms with Gasteiger partial charge >= 0.3 is 0 Å². The number of rotatable bonds is 13. The Morgan fingerprint density at radius 1 is 0.896 bits per heavy atom. The van der Waals surface area contributed by atoms with E-state index in [1.165, 1.54) is 47.4 Å². The van der Waals surface area contributed by atoms with Gasteiger partial charge in [-0.05, 0) is 60.4 Å². The van der Waals surface area contributed by atoms with Crippen molar-refractivity contribution in [3.63, 3.8) is 0 Å². The number of hydrogen-bond donors (Lipinski definition) is 1. The Hall–Kier alpha value is -4.45. The fourth-order valence-corrected chi connectivity index (χ4v) is 7.65. The predicted molar refractivity (Wildman–Crippen MR) is 185 cm³/mol. The van der Waals surface area contributed by atoms with Gasteiger partial charge in [0, 0.05) is 41.2 Å². The second-order valence-electron chi connectivity index (χ2n) is 11.6. The zero-order chi connectivity index (χ0) is 34.3. The molecule has 48 heavy (non-hydrogen) atoms. The van der Waals surface area contributed by atoms with Crippen molar-refractivity contribution < 1.29 is 22.9 Å². The molecule has 1 fully saturated rings. The zero-order valence-corrected chi connectivity index (χ0v) is 28.2. The summed E-state index contributed by atoms with van der Waals surface area (Å²) in [6.07, 6.45) is 3.77. The predicted octanol–water partition coefficient (Wildman–Crippen LogP) is 6.80. The number of amides is 2.